The number of hydrogen-bond acceptors (Lipinski definition) is 3. The van der Waals surface area contributed by atoms with Gasteiger partial charge in [0.2, 0.25) is 0 Å². The molecule has 1 rings (SSSR count). The lowest BCUT2D eigenvalue weighted by atomic mass is 10.1. The van der Waals surface area contributed by atoms with Crippen LogP contribution in [0.4, 0.5) is 4.79 Å². The maximum atomic E-state index is 11.2. The number of carbonyl (C=O) groups is 1. The Labute approximate surface area is 99.2 Å². The van der Waals surface area contributed by atoms with Gasteiger partial charge in [-0.1, -0.05) is 23.7 Å². The Morgan fingerprint density at radius 2 is 2.12 bits per heavy atom. The molecule has 0 aromatic heterocycles. The molecule has 0 aliphatic rings. The van der Waals surface area contributed by atoms with Crippen LogP contribution in [-0.2, 0) is 4.74 Å². The van der Waals surface area contributed by atoms with Crippen molar-refractivity contribution < 1.29 is 14.6 Å². The number of aliphatic hydroxyl groups is 1. The molecule has 16 heavy (non-hydrogen) atoms. The molecule has 1 atom stereocenters. The number of ether oxygens (including phenoxy) is 1. The first-order chi connectivity index (χ1) is 7.63. The van der Waals surface area contributed by atoms with Crippen LogP contribution < -0.4 is 5.32 Å². The molecular weight excluding hydrogens is 230 g/mol. The van der Waals surface area contributed by atoms with Crippen LogP contribution in [0.3, 0.4) is 0 Å². The van der Waals surface area contributed by atoms with Gasteiger partial charge in [0.25, 0.3) is 0 Å². The fourth-order valence-electron chi connectivity index (χ4n) is 1.19. The summed E-state index contributed by atoms with van der Waals surface area (Å²) in [6, 6.07) is 7.02. The molecule has 0 spiro atoms. The van der Waals surface area contributed by atoms with Gasteiger partial charge in [0.15, 0.2) is 0 Å². The second kappa shape index (κ2) is 6.35. The van der Waals surface area contributed by atoms with Crippen LogP contribution >= 0.6 is 11.6 Å². The van der Waals surface area contributed by atoms with Crippen molar-refractivity contribution in [1.82, 2.24) is 5.32 Å². The number of rotatable bonds is 4. The van der Waals surface area contributed by atoms with Gasteiger partial charge in [-0.25, -0.2) is 4.79 Å². The topological polar surface area (TPSA) is 58.6 Å². The van der Waals surface area contributed by atoms with Crippen molar-refractivity contribution in [2.24, 2.45) is 0 Å². The van der Waals surface area contributed by atoms with E-state index in [1.54, 1.807) is 12.1 Å². The molecule has 0 aliphatic heterocycles. The van der Waals surface area contributed by atoms with E-state index in [0.717, 1.165) is 5.56 Å². The van der Waals surface area contributed by atoms with Crippen molar-refractivity contribution in [2.45, 2.75) is 13.0 Å². The number of alkyl carbamates (subject to hydrolysis) is 1. The van der Waals surface area contributed by atoms with Crippen molar-refractivity contribution in [3.63, 3.8) is 0 Å². The van der Waals surface area contributed by atoms with Gasteiger partial charge in [0.1, 0.15) is 6.61 Å². The summed E-state index contributed by atoms with van der Waals surface area (Å²) in [4.78, 5) is 11.2. The van der Waals surface area contributed by atoms with Crippen molar-refractivity contribution in [3.05, 3.63) is 34.9 Å². The van der Waals surface area contributed by atoms with Crippen LogP contribution in [0.5, 0.6) is 0 Å². The first-order valence-corrected chi connectivity index (χ1v) is 5.31. The fraction of sp³-hybridized carbons (Fsp3) is 0.364. The summed E-state index contributed by atoms with van der Waals surface area (Å²) in [7, 11) is 0. The lowest BCUT2D eigenvalue weighted by Gasteiger charge is -2.14. The smallest absolute Gasteiger partial charge is 0.407 e. The predicted octanol–water partition coefficient (Wildman–Crippen LogP) is 2.12. The molecule has 0 radical (unpaired) electrons. The highest BCUT2D eigenvalue weighted by Crippen LogP contribution is 2.15. The van der Waals surface area contributed by atoms with Gasteiger partial charge in [0.05, 0.1) is 12.6 Å². The van der Waals surface area contributed by atoms with Gasteiger partial charge < -0.3 is 15.2 Å². The minimum Gasteiger partial charge on any atom is -0.447 e. The van der Waals surface area contributed by atoms with Gasteiger partial charge in [0, 0.05) is 5.02 Å². The van der Waals surface area contributed by atoms with Crippen LogP contribution in [0.15, 0.2) is 24.3 Å². The van der Waals surface area contributed by atoms with Gasteiger partial charge in [-0.3, -0.25) is 0 Å². The minimum absolute atomic E-state index is 0.000822. The second-order valence-corrected chi connectivity index (χ2v) is 3.71. The zero-order valence-corrected chi connectivity index (χ0v) is 9.70. The number of carbonyl (C=O) groups excluding carboxylic acids is 1. The molecule has 0 fully saturated rings. The van der Waals surface area contributed by atoms with E-state index in [-0.39, 0.29) is 19.3 Å². The Balaban J connectivity index is 2.48. The zero-order chi connectivity index (χ0) is 12.0. The van der Waals surface area contributed by atoms with E-state index in [9.17, 15) is 4.79 Å². The average molecular weight is 244 g/mol. The van der Waals surface area contributed by atoms with Gasteiger partial charge in [-0.05, 0) is 24.6 Å². The third kappa shape index (κ3) is 4.08. The molecule has 1 aromatic rings. The monoisotopic (exact) mass is 243 g/mol. The van der Waals surface area contributed by atoms with Crippen LogP contribution in [0.1, 0.15) is 18.5 Å². The fourth-order valence-corrected chi connectivity index (χ4v) is 1.32. The number of halogens is 1. The van der Waals surface area contributed by atoms with E-state index in [2.05, 4.69) is 10.1 Å². The molecule has 0 saturated carbocycles. The SMILES string of the molecule is CC(NC(=O)OCCO)c1ccc(Cl)cc1. The summed E-state index contributed by atoms with van der Waals surface area (Å²) in [5.41, 5.74) is 0.936. The van der Waals surface area contributed by atoms with Crippen LogP contribution in [-0.4, -0.2) is 24.4 Å². The summed E-state index contributed by atoms with van der Waals surface area (Å²) in [5.74, 6) is 0. The molecule has 4 nitrogen and oxygen atoms in total. The lowest BCUT2D eigenvalue weighted by Crippen LogP contribution is -2.28. The summed E-state index contributed by atoms with van der Waals surface area (Å²) < 4.78 is 4.68. The summed E-state index contributed by atoms with van der Waals surface area (Å²) in [5, 5.41) is 11.8. The second-order valence-electron chi connectivity index (χ2n) is 3.28. The first kappa shape index (κ1) is 12.8. The molecule has 0 aliphatic carbocycles. The largest absolute Gasteiger partial charge is 0.447 e. The van der Waals surface area contributed by atoms with Gasteiger partial charge in [-0.2, -0.15) is 0 Å². The average Bonchev–Trinajstić information content (AvgIpc) is 2.27. The van der Waals surface area contributed by atoms with E-state index in [4.69, 9.17) is 16.7 Å². The lowest BCUT2D eigenvalue weighted by molar-refractivity contribution is 0.116. The third-order valence-corrected chi connectivity index (χ3v) is 2.28. The molecule has 5 heteroatoms. The molecule has 1 amide bonds. The number of nitrogens with one attached hydrogen (secondary N) is 1. The maximum Gasteiger partial charge on any atom is 0.407 e. The molecule has 88 valence electrons. The Morgan fingerprint density at radius 1 is 1.50 bits per heavy atom. The number of aliphatic hydroxyl groups excluding tert-OH is 1. The molecule has 1 aromatic carbocycles. The van der Waals surface area contributed by atoms with E-state index < -0.39 is 6.09 Å². The molecular formula is C11H14ClNO3. The summed E-state index contributed by atoms with van der Waals surface area (Å²) >= 11 is 5.75. The standard InChI is InChI=1S/C11H14ClNO3/c1-8(13-11(15)16-7-6-14)9-2-4-10(12)5-3-9/h2-5,8,14H,6-7H2,1H3,(H,13,15). The first-order valence-electron chi connectivity index (χ1n) is 4.93. The maximum absolute atomic E-state index is 11.2. The third-order valence-electron chi connectivity index (χ3n) is 2.03. The van der Waals surface area contributed by atoms with Crippen molar-refractivity contribution in [1.29, 1.82) is 0 Å². The number of benzene rings is 1. The Bertz CT molecular complexity index is 340. The number of amides is 1. The molecule has 0 saturated heterocycles. The van der Waals surface area contributed by atoms with Crippen LogP contribution in [0.25, 0.3) is 0 Å². The highest BCUT2D eigenvalue weighted by Gasteiger charge is 2.09. The van der Waals surface area contributed by atoms with E-state index in [0.29, 0.717) is 5.02 Å². The van der Waals surface area contributed by atoms with Crippen LogP contribution in [0.2, 0.25) is 5.02 Å². The van der Waals surface area contributed by atoms with Crippen molar-refractivity contribution in [2.75, 3.05) is 13.2 Å². The van der Waals surface area contributed by atoms with Crippen LogP contribution in [0, 0.1) is 0 Å². The van der Waals surface area contributed by atoms with E-state index >= 15 is 0 Å². The van der Waals surface area contributed by atoms with Crippen molar-refractivity contribution >= 4 is 17.7 Å². The molecule has 0 heterocycles. The summed E-state index contributed by atoms with van der Waals surface area (Å²) in [6.45, 7) is 1.66. The Morgan fingerprint density at radius 3 is 2.69 bits per heavy atom. The van der Waals surface area contributed by atoms with Crippen molar-refractivity contribution in [3.8, 4) is 0 Å². The van der Waals surface area contributed by atoms with E-state index in [1.165, 1.54) is 0 Å². The van der Waals surface area contributed by atoms with Gasteiger partial charge >= 0.3 is 6.09 Å². The highest BCUT2D eigenvalue weighted by molar-refractivity contribution is 6.30. The predicted molar refractivity (Wildman–Crippen MR) is 61.4 cm³/mol. The molecule has 2 N–H and O–H groups in total. The molecule has 0 bridgehead atoms. The van der Waals surface area contributed by atoms with Gasteiger partial charge in [-0.15, -0.1) is 0 Å². The van der Waals surface area contributed by atoms with E-state index in [1.807, 2.05) is 19.1 Å². The zero-order valence-electron chi connectivity index (χ0n) is 8.94. The highest BCUT2D eigenvalue weighted by atomic mass is 35.5. The minimum atomic E-state index is -0.545. The Hall–Kier alpha value is -1.26. The quantitative estimate of drug-likeness (QED) is 0.852. The summed E-state index contributed by atoms with van der Waals surface area (Å²) in [6.07, 6.45) is -0.545. The Kier molecular flexibility index (Phi) is 5.08. The number of hydrogen-bond donors (Lipinski definition) is 2. The normalized spacial score (nSPS) is 11.9. The molecule has 1 unspecified atom stereocenters.